The molecule has 0 aliphatic heterocycles. The lowest BCUT2D eigenvalue weighted by Crippen LogP contribution is -2.02. The third-order valence-electron chi connectivity index (χ3n) is 3.20. The number of pyridine rings is 1. The van der Waals surface area contributed by atoms with E-state index in [-0.39, 0.29) is 0 Å². The number of alkyl halides is 2. The Hall–Kier alpha value is -2.30. The van der Waals surface area contributed by atoms with E-state index in [1.54, 1.807) is 19.3 Å². The van der Waals surface area contributed by atoms with Crippen molar-refractivity contribution in [3.63, 3.8) is 0 Å². The number of hydrogen-bond acceptors (Lipinski definition) is 2. The number of halogens is 2. The first-order valence-electron chi connectivity index (χ1n) is 5.84. The molecule has 0 amide bonds. The molecular weight excluding hydrogens is 248 g/mol. The van der Waals surface area contributed by atoms with Crippen LogP contribution in [0, 0.1) is 6.92 Å². The maximum absolute atomic E-state index is 12.8. The van der Waals surface area contributed by atoms with Gasteiger partial charge in [0.2, 0.25) is 0 Å². The Kier molecular flexibility index (Phi) is 2.74. The molecule has 0 radical (unpaired) electrons. The maximum atomic E-state index is 12.8. The van der Waals surface area contributed by atoms with Crippen LogP contribution in [-0.4, -0.2) is 14.8 Å². The van der Waals surface area contributed by atoms with Gasteiger partial charge in [-0.2, -0.15) is 13.9 Å². The fraction of sp³-hybridized carbons (Fsp3) is 0.143. The molecule has 0 saturated carbocycles. The average Bonchev–Trinajstić information content (AvgIpc) is 2.80. The second-order valence-electron chi connectivity index (χ2n) is 4.27. The second kappa shape index (κ2) is 4.42. The van der Waals surface area contributed by atoms with Crippen LogP contribution >= 0.6 is 0 Å². The number of rotatable bonds is 2. The van der Waals surface area contributed by atoms with Crippen molar-refractivity contribution in [2.45, 2.75) is 13.5 Å². The first-order chi connectivity index (χ1) is 9.18. The summed E-state index contributed by atoms with van der Waals surface area (Å²) >= 11 is 0. The summed E-state index contributed by atoms with van der Waals surface area (Å²) in [5, 5.41) is 5.71. The van der Waals surface area contributed by atoms with Crippen LogP contribution in [0.25, 0.3) is 21.9 Å². The monoisotopic (exact) mass is 259 g/mol. The van der Waals surface area contributed by atoms with Gasteiger partial charge in [-0.15, -0.1) is 0 Å². The summed E-state index contributed by atoms with van der Waals surface area (Å²) in [5.41, 5.74) is 2.07. The van der Waals surface area contributed by atoms with Gasteiger partial charge in [0.15, 0.2) is 0 Å². The summed E-state index contributed by atoms with van der Waals surface area (Å²) in [7, 11) is 0. The minimum absolute atomic E-state index is 0.458. The summed E-state index contributed by atoms with van der Waals surface area (Å²) in [5.74, 6) is 0. The molecule has 0 aliphatic rings. The molecule has 5 heteroatoms. The van der Waals surface area contributed by atoms with Crippen molar-refractivity contribution in [3.05, 3.63) is 48.5 Å². The summed E-state index contributed by atoms with van der Waals surface area (Å²) < 4.78 is 26.3. The van der Waals surface area contributed by atoms with Crippen molar-refractivity contribution in [1.29, 1.82) is 0 Å². The SMILES string of the molecule is Cc1c(-c2cccc3cnccc23)cnn1C(F)F. The Morgan fingerprint density at radius 2 is 1.95 bits per heavy atom. The zero-order valence-electron chi connectivity index (χ0n) is 10.2. The fourth-order valence-corrected chi connectivity index (χ4v) is 2.24. The van der Waals surface area contributed by atoms with E-state index in [0.29, 0.717) is 5.69 Å². The van der Waals surface area contributed by atoms with E-state index in [1.165, 1.54) is 6.20 Å². The van der Waals surface area contributed by atoms with Gasteiger partial charge in [0, 0.05) is 29.0 Å². The van der Waals surface area contributed by atoms with E-state index in [2.05, 4.69) is 10.1 Å². The second-order valence-corrected chi connectivity index (χ2v) is 4.27. The number of hydrogen-bond donors (Lipinski definition) is 0. The number of nitrogens with zero attached hydrogens (tertiary/aromatic N) is 3. The van der Waals surface area contributed by atoms with E-state index in [9.17, 15) is 8.78 Å². The van der Waals surface area contributed by atoms with Crippen LogP contribution in [0.1, 0.15) is 12.2 Å². The zero-order valence-corrected chi connectivity index (χ0v) is 10.2. The van der Waals surface area contributed by atoms with Crippen LogP contribution in [-0.2, 0) is 0 Å². The predicted octanol–water partition coefficient (Wildman–Crippen LogP) is 3.80. The largest absolute Gasteiger partial charge is 0.333 e. The Bertz CT molecular complexity index is 729. The van der Waals surface area contributed by atoms with Gasteiger partial charge in [0.05, 0.1) is 6.20 Å². The minimum atomic E-state index is -2.62. The van der Waals surface area contributed by atoms with Crippen LogP contribution < -0.4 is 0 Å². The molecule has 0 aliphatic carbocycles. The summed E-state index contributed by atoms with van der Waals surface area (Å²) in [6, 6.07) is 7.61. The van der Waals surface area contributed by atoms with Gasteiger partial charge < -0.3 is 0 Å². The lowest BCUT2D eigenvalue weighted by molar-refractivity contribution is 0.0545. The van der Waals surface area contributed by atoms with Crippen LogP contribution in [0.15, 0.2) is 42.9 Å². The molecule has 19 heavy (non-hydrogen) atoms. The molecule has 0 spiro atoms. The molecule has 3 nitrogen and oxygen atoms in total. The summed E-state index contributed by atoms with van der Waals surface area (Å²) in [4.78, 5) is 4.06. The Morgan fingerprint density at radius 1 is 1.11 bits per heavy atom. The zero-order chi connectivity index (χ0) is 13.4. The van der Waals surface area contributed by atoms with Crippen molar-refractivity contribution in [3.8, 4) is 11.1 Å². The molecule has 3 aromatic rings. The highest BCUT2D eigenvalue weighted by Crippen LogP contribution is 2.31. The summed E-state index contributed by atoms with van der Waals surface area (Å²) in [6.07, 6.45) is 4.93. The molecule has 0 N–H and O–H groups in total. The Balaban J connectivity index is 2.25. The first kappa shape index (κ1) is 11.8. The highest BCUT2D eigenvalue weighted by molar-refractivity contribution is 5.96. The highest BCUT2D eigenvalue weighted by Gasteiger charge is 2.15. The third kappa shape index (κ3) is 1.87. The standard InChI is InChI=1S/C14H11F2N3/c1-9-13(8-18-19(9)14(15)16)12-4-2-3-10-7-17-6-5-11(10)12/h2-8,14H,1H3. The van der Waals surface area contributed by atoms with Gasteiger partial charge in [-0.3, -0.25) is 4.98 Å². The van der Waals surface area contributed by atoms with Gasteiger partial charge in [0.25, 0.3) is 0 Å². The Morgan fingerprint density at radius 3 is 2.68 bits per heavy atom. The lowest BCUT2D eigenvalue weighted by Gasteiger charge is -2.07. The van der Waals surface area contributed by atoms with Gasteiger partial charge in [0.1, 0.15) is 0 Å². The minimum Gasteiger partial charge on any atom is -0.264 e. The van der Waals surface area contributed by atoms with E-state index in [4.69, 9.17) is 0 Å². The molecule has 1 aromatic carbocycles. The maximum Gasteiger partial charge on any atom is 0.333 e. The predicted molar refractivity (Wildman–Crippen MR) is 69.0 cm³/mol. The van der Waals surface area contributed by atoms with Crippen molar-refractivity contribution >= 4 is 10.8 Å². The molecule has 3 rings (SSSR count). The van der Waals surface area contributed by atoms with Crippen LogP contribution in [0.3, 0.4) is 0 Å². The molecule has 2 aromatic heterocycles. The molecule has 0 unspecified atom stereocenters. The normalized spacial score (nSPS) is 11.4. The van der Waals surface area contributed by atoms with Crippen LogP contribution in [0.5, 0.6) is 0 Å². The lowest BCUT2D eigenvalue weighted by atomic mass is 10.0. The molecule has 0 bridgehead atoms. The van der Waals surface area contributed by atoms with Gasteiger partial charge in [-0.25, -0.2) is 4.68 Å². The van der Waals surface area contributed by atoms with E-state index in [0.717, 1.165) is 26.6 Å². The Labute approximate surface area is 108 Å². The van der Waals surface area contributed by atoms with Crippen molar-refractivity contribution in [2.75, 3.05) is 0 Å². The van der Waals surface area contributed by atoms with Gasteiger partial charge >= 0.3 is 6.55 Å². The molecule has 0 atom stereocenters. The molecule has 2 heterocycles. The smallest absolute Gasteiger partial charge is 0.264 e. The number of benzene rings is 1. The molecule has 96 valence electrons. The first-order valence-corrected chi connectivity index (χ1v) is 5.84. The number of aromatic nitrogens is 3. The third-order valence-corrected chi connectivity index (χ3v) is 3.20. The van der Waals surface area contributed by atoms with Crippen molar-refractivity contribution in [1.82, 2.24) is 14.8 Å². The molecule has 0 fully saturated rings. The topological polar surface area (TPSA) is 30.7 Å². The van der Waals surface area contributed by atoms with E-state index >= 15 is 0 Å². The molecule has 0 saturated heterocycles. The van der Waals surface area contributed by atoms with Crippen LogP contribution in [0.4, 0.5) is 8.78 Å². The number of fused-ring (bicyclic) bond motifs is 1. The highest BCUT2D eigenvalue weighted by atomic mass is 19.3. The van der Waals surface area contributed by atoms with Gasteiger partial charge in [-0.1, -0.05) is 18.2 Å². The average molecular weight is 259 g/mol. The van der Waals surface area contributed by atoms with Crippen molar-refractivity contribution < 1.29 is 8.78 Å². The fourth-order valence-electron chi connectivity index (χ4n) is 2.24. The summed E-state index contributed by atoms with van der Waals surface area (Å²) in [6.45, 7) is -0.973. The van der Waals surface area contributed by atoms with E-state index < -0.39 is 6.55 Å². The van der Waals surface area contributed by atoms with E-state index in [1.807, 2.05) is 24.3 Å². The quantitative estimate of drug-likeness (QED) is 0.700. The van der Waals surface area contributed by atoms with Crippen molar-refractivity contribution in [2.24, 2.45) is 0 Å². The molecular formula is C14H11F2N3. The van der Waals surface area contributed by atoms with Gasteiger partial charge in [-0.05, 0) is 23.9 Å². The van der Waals surface area contributed by atoms with Crippen LogP contribution in [0.2, 0.25) is 0 Å².